The Kier molecular flexibility index (Phi) is 4.53. The average Bonchev–Trinajstić information content (AvgIpc) is 2.43. The Morgan fingerprint density at radius 1 is 1.05 bits per heavy atom. The zero-order valence-electron chi connectivity index (χ0n) is 10.9. The van der Waals surface area contributed by atoms with E-state index < -0.39 is 11.6 Å². The molecule has 0 heterocycles. The van der Waals surface area contributed by atoms with Gasteiger partial charge in [-0.15, -0.1) is 0 Å². The van der Waals surface area contributed by atoms with Gasteiger partial charge in [0.1, 0.15) is 29.7 Å². The highest BCUT2D eigenvalue weighted by atomic mass is 19.1. The van der Waals surface area contributed by atoms with Crippen LogP contribution in [-0.4, -0.2) is 12.2 Å². The molecule has 3 nitrogen and oxygen atoms in total. The first kappa shape index (κ1) is 14.3. The van der Waals surface area contributed by atoms with Crippen molar-refractivity contribution >= 4 is 0 Å². The van der Waals surface area contributed by atoms with Crippen molar-refractivity contribution in [2.24, 2.45) is 0 Å². The number of hydrogen-bond acceptors (Lipinski definition) is 3. The highest BCUT2D eigenvalue weighted by Gasteiger charge is 2.07. The molecular formula is C15H14F2O3. The van der Waals surface area contributed by atoms with Gasteiger partial charge in [0.25, 0.3) is 0 Å². The minimum atomic E-state index is -0.656. The van der Waals surface area contributed by atoms with Crippen molar-refractivity contribution in [2.75, 3.05) is 7.11 Å². The zero-order valence-corrected chi connectivity index (χ0v) is 10.9. The molecule has 0 amide bonds. The van der Waals surface area contributed by atoms with Crippen LogP contribution in [-0.2, 0) is 13.2 Å². The van der Waals surface area contributed by atoms with Gasteiger partial charge < -0.3 is 14.6 Å². The summed E-state index contributed by atoms with van der Waals surface area (Å²) in [5.41, 5.74) is 0.942. The Hall–Kier alpha value is -2.14. The first-order chi connectivity index (χ1) is 9.62. The van der Waals surface area contributed by atoms with Gasteiger partial charge in [-0.3, -0.25) is 0 Å². The second-order valence-electron chi connectivity index (χ2n) is 4.20. The number of methoxy groups -OCH3 is 1. The maximum atomic E-state index is 13.1. The van der Waals surface area contributed by atoms with E-state index in [0.717, 1.165) is 6.07 Å². The fourth-order valence-corrected chi connectivity index (χ4v) is 1.78. The number of benzene rings is 2. The molecule has 0 radical (unpaired) electrons. The lowest BCUT2D eigenvalue weighted by atomic mass is 10.2. The molecule has 2 rings (SSSR count). The SMILES string of the molecule is COc1ccc(CO)c(OCc2cc(F)cc(F)c2)c1. The number of aliphatic hydroxyl groups excluding tert-OH is 1. The lowest BCUT2D eigenvalue weighted by Gasteiger charge is -2.12. The van der Waals surface area contributed by atoms with Crippen molar-refractivity contribution in [3.8, 4) is 11.5 Å². The van der Waals surface area contributed by atoms with Gasteiger partial charge in [-0.2, -0.15) is 0 Å². The van der Waals surface area contributed by atoms with Crippen molar-refractivity contribution in [1.29, 1.82) is 0 Å². The van der Waals surface area contributed by atoms with E-state index in [9.17, 15) is 13.9 Å². The van der Waals surface area contributed by atoms with Gasteiger partial charge >= 0.3 is 0 Å². The van der Waals surface area contributed by atoms with Gasteiger partial charge in [-0.05, 0) is 29.8 Å². The fourth-order valence-electron chi connectivity index (χ4n) is 1.78. The second kappa shape index (κ2) is 6.34. The van der Waals surface area contributed by atoms with Crippen LogP contribution in [0.25, 0.3) is 0 Å². The number of aliphatic hydroxyl groups is 1. The lowest BCUT2D eigenvalue weighted by molar-refractivity contribution is 0.257. The van der Waals surface area contributed by atoms with Gasteiger partial charge in [0.05, 0.1) is 13.7 Å². The van der Waals surface area contributed by atoms with Gasteiger partial charge in [-0.1, -0.05) is 0 Å². The van der Waals surface area contributed by atoms with Gasteiger partial charge in [0.2, 0.25) is 0 Å². The molecule has 1 N–H and O–H groups in total. The van der Waals surface area contributed by atoms with Crippen molar-refractivity contribution in [1.82, 2.24) is 0 Å². The summed E-state index contributed by atoms with van der Waals surface area (Å²) in [6, 6.07) is 8.17. The largest absolute Gasteiger partial charge is 0.497 e. The third-order valence-corrected chi connectivity index (χ3v) is 2.76. The van der Waals surface area contributed by atoms with Crippen molar-refractivity contribution in [3.05, 3.63) is 59.2 Å². The zero-order chi connectivity index (χ0) is 14.5. The molecule has 0 fully saturated rings. The summed E-state index contributed by atoms with van der Waals surface area (Å²) >= 11 is 0. The first-order valence-corrected chi connectivity index (χ1v) is 5.98. The summed E-state index contributed by atoms with van der Waals surface area (Å²) in [7, 11) is 1.51. The van der Waals surface area contributed by atoms with E-state index in [1.807, 2.05) is 0 Å². The second-order valence-corrected chi connectivity index (χ2v) is 4.20. The molecule has 0 aromatic heterocycles. The molecule has 20 heavy (non-hydrogen) atoms. The lowest BCUT2D eigenvalue weighted by Crippen LogP contribution is -2.00. The molecule has 0 bridgehead atoms. The minimum Gasteiger partial charge on any atom is -0.497 e. The van der Waals surface area contributed by atoms with Crippen LogP contribution in [0.3, 0.4) is 0 Å². The molecule has 0 saturated heterocycles. The van der Waals surface area contributed by atoms with E-state index in [-0.39, 0.29) is 13.2 Å². The van der Waals surface area contributed by atoms with Crippen LogP contribution in [0.1, 0.15) is 11.1 Å². The molecule has 0 aliphatic heterocycles. The number of ether oxygens (including phenoxy) is 2. The Morgan fingerprint density at radius 3 is 2.35 bits per heavy atom. The third kappa shape index (κ3) is 3.45. The normalized spacial score (nSPS) is 10.4. The van der Waals surface area contributed by atoms with Crippen molar-refractivity contribution in [3.63, 3.8) is 0 Å². The van der Waals surface area contributed by atoms with Crippen LogP contribution >= 0.6 is 0 Å². The number of hydrogen-bond donors (Lipinski definition) is 1. The van der Waals surface area contributed by atoms with Crippen LogP contribution in [0.15, 0.2) is 36.4 Å². The Bertz CT molecular complexity index is 579. The molecule has 0 saturated carbocycles. The van der Waals surface area contributed by atoms with Crippen molar-refractivity contribution < 1.29 is 23.4 Å². The van der Waals surface area contributed by atoms with E-state index >= 15 is 0 Å². The van der Waals surface area contributed by atoms with Crippen LogP contribution < -0.4 is 9.47 Å². The number of halogens is 2. The summed E-state index contributed by atoms with van der Waals surface area (Å²) in [5.74, 6) is -0.326. The van der Waals surface area contributed by atoms with Crippen LogP contribution in [0.4, 0.5) is 8.78 Å². The summed E-state index contributed by atoms with van der Waals surface area (Å²) in [6.45, 7) is -0.203. The summed E-state index contributed by atoms with van der Waals surface area (Å²) in [6.07, 6.45) is 0. The Balaban J connectivity index is 2.17. The fraction of sp³-hybridized carbons (Fsp3) is 0.200. The quantitative estimate of drug-likeness (QED) is 0.915. The molecule has 0 spiro atoms. The van der Waals surface area contributed by atoms with Crippen LogP contribution in [0.2, 0.25) is 0 Å². The molecule has 0 aliphatic rings. The predicted octanol–water partition coefficient (Wildman–Crippen LogP) is 3.04. The smallest absolute Gasteiger partial charge is 0.129 e. The van der Waals surface area contributed by atoms with E-state index in [0.29, 0.717) is 22.6 Å². The standard InChI is InChI=1S/C15H14F2O3/c1-19-14-3-2-11(8-18)15(7-14)20-9-10-4-12(16)6-13(17)5-10/h2-7,18H,8-9H2,1H3. The van der Waals surface area contributed by atoms with Gasteiger partial charge in [0.15, 0.2) is 0 Å². The molecule has 0 atom stereocenters. The molecule has 0 unspecified atom stereocenters. The maximum absolute atomic E-state index is 13.1. The topological polar surface area (TPSA) is 38.7 Å². The van der Waals surface area contributed by atoms with Crippen LogP contribution in [0.5, 0.6) is 11.5 Å². The maximum Gasteiger partial charge on any atom is 0.129 e. The van der Waals surface area contributed by atoms with Gasteiger partial charge in [0, 0.05) is 17.7 Å². The Morgan fingerprint density at radius 2 is 1.75 bits per heavy atom. The predicted molar refractivity (Wildman–Crippen MR) is 69.6 cm³/mol. The summed E-state index contributed by atoms with van der Waals surface area (Å²) in [4.78, 5) is 0. The molecule has 0 aliphatic carbocycles. The first-order valence-electron chi connectivity index (χ1n) is 5.98. The number of rotatable bonds is 5. The van der Waals surface area contributed by atoms with E-state index in [2.05, 4.69) is 0 Å². The average molecular weight is 280 g/mol. The molecule has 5 heteroatoms. The van der Waals surface area contributed by atoms with Gasteiger partial charge in [-0.25, -0.2) is 8.78 Å². The molecule has 2 aromatic rings. The molecule has 106 valence electrons. The highest BCUT2D eigenvalue weighted by Crippen LogP contribution is 2.25. The monoisotopic (exact) mass is 280 g/mol. The molecular weight excluding hydrogens is 266 g/mol. The highest BCUT2D eigenvalue weighted by molar-refractivity contribution is 5.40. The van der Waals surface area contributed by atoms with E-state index in [1.54, 1.807) is 18.2 Å². The van der Waals surface area contributed by atoms with Crippen LogP contribution in [0, 0.1) is 11.6 Å². The Labute approximate surface area is 115 Å². The van der Waals surface area contributed by atoms with E-state index in [1.165, 1.54) is 19.2 Å². The molecule has 2 aromatic carbocycles. The minimum absolute atomic E-state index is 0.00511. The summed E-state index contributed by atoms with van der Waals surface area (Å²) < 4.78 is 36.7. The third-order valence-electron chi connectivity index (χ3n) is 2.76. The van der Waals surface area contributed by atoms with E-state index in [4.69, 9.17) is 9.47 Å². The summed E-state index contributed by atoms with van der Waals surface area (Å²) in [5, 5.41) is 9.23. The van der Waals surface area contributed by atoms with Crippen molar-refractivity contribution in [2.45, 2.75) is 13.2 Å².